The van der Waals surface area contributed by atoms with Crippen LogP contribution in [0, 0.1) is 5.82 Å². The lowest BCUT2D eigenvalue weighted by molar-refractivity contribution is -0.150. The topological polar surface area (TPSA) is 32.8 Å². The highest BCUT2D eigenvalue weighted by Gasteiger charge is 2.46. The molecule has 5 heteroatoms. The van der Waals surface area contributed by atoms with E-state index in [9.17, 15) is 9.18 Å². The molecule has 1 aromatic carbocycles. The van der Waals surface area contributed by atoms with Crippen LogP contribution in [0.1, 0.15) is 56.4 Å². The Bertz CT molecular complexity index is 661. The number of likely N-dealkylation sites (N-methyl/N-ethyl adjacent to an activating group) is 1. The summed E-state index contributed by atoms with van der Waals surface area (Å²) in [4.78, 5) is 17.9. The Kier molecular flexibility index (Phi) is 5.79. The number of benzene rings is 1. The van der Waals surface area contributed by atoms with Crippen molar-refractivity contribution >= 4 is 5.91 Å². The first-order valence-electron chi connectivity index (χ1n) is 10.5. The number of rotatable bonds is 2. The molecule has 0 radical (unpaired) electrons. The van der Waals surface area contributed by atoms with Crippen LogP contribution in [-0.4, -0.2) is 60.6 Å². The van der Waals surface area contributed by atoms with E-state index in [1.54, 1.807) is 12.1 Å². The first-order chi connectivity index (χ1) is 13.1. The van der Waals surface area contributed by atoms with E-state index in [-0.39, 0.29) is 29.8 Å². The minimum absolute atomic E-state index is 0.107. The fourth-order valence-electron chi connectivity index (χ4n) is 5.28. The van der Waals surface area contributed by atoms with Crippen molar-refractivity contribution in [1.29, 1.82) is 0 Å². The predicted molar refractivity (Wildman–Crippen MR) is 103 cm³/mol. The third-order valence-electron chi connectivity index (χ3n) is 6.63. The molecule has 3 aliphatic heterocycles. The Morgan fingerprint density at radius 1 is 1.15 bits per heavy atom. The van der Waals surface area contributed by atoms with Crippen LogP contribution in [0.5, 0.6) is 0 Å². The standard InChI is InChI=1S/C22H31FN2O2/c1-24-15-18(16-8-7-9-17(23)14-16)21-19(24)10-3-2-5-12-25(21)22(26)20-11-4-6-13-27-20/h7-9,14,18-21H,2-6,10-13,15H2,1H3/t18-,19+,20+,21-/m0/s1. The SMILES string of the molecule is CN1C[C@@H](c2cccc(F)c2)[C@H]2[C@H]1CCCCCN2C(=O)[C@H]1CCCCO1. The van der Waals surface area contributed by atoms with E-state index >= 15 is 0 Å². The summed E-state index contributed by atoms with van der Waals surface area (Å²) < 4.78 is 19.8. The Morgan fingerprint density at radius 2 is 2.00 bits per heavy atom. The van der Waals surface area contributed by atoms with Crippen molar-refractivity contribution in [3.8, 4) is 0 Å². The Morgan fingerprint density at radius 3 is 2.78 bits per heavy atom. The lowest BCUT2D eigenvalue weighted by Crippen LogP contribution is -2.54. The lowest BCUT2D eigenvalue weighted by atomic mass is 9.86. The monoisotopic (exact) mass is 374 g/mol. The van der Waals surface area contributed by atoms with Crippen LogP contribution in [0.4, 0.5) is 4.39 Å². The Labute approximate surface area is 161 Å². The molecule has 3 heterocycles. The molecule has 0 spiro atoms. The maximum atomic E-state index is 13.9. The fourth-order valence-corrected chi connectivity index (χ4v) is 5.28. The van der Waals surface area contributed by atoms with Gasteiger partial charge in [0.05, 0.1) is 6.04 Å². The number of hydrogen-bond donors (Lipinski definition) is 0. The number of nitrogens with zero attached hydrogens (tertiary/aromatic N) is 2. The van der Waals surface area contributed by atoms with Gasteiger partial charge in [0.25, 0.3) is 5.91 Å². The molecule has 1 aromatic rings. The molecule has 0 aromatic heterocycles. The van der Waals surface area contributed by atoms with E-state index in [2.05, 4.69) is 16.8 Å². The molecular weight excluding hydrogens is 343 g/mol. The number of likely N-dealkylation sites (tertiary alicyclic amines) is 2. The summed E-state index contributed by atoms with van der Waals surface area (Å²) in [5, 5.41) is 0. The smallest absolute Gasteiger partial charge is 0.252 e. The average molecular weight is 375 g/mol. The van der Waals surface area contributed by atoms with E-state index in [4.69, 9.17) is 4.74 Å². The highest BCUT2D eigenvalue weighted by Crippen LogP contribution is 2.39. The molecule has 0 aliphatic carbocycles. The Balaban J connectivity index is 1.66. The van der Waals surface area contributed by atoms with Crippen LogP contribution >= 0.6 is 0 Å². The molecule has 4 nitrogen and oxygen atoms in total. The highest BCUT2D eigenvalue weighted by atomic mass is 19.1. The van der Waals surface area contributed by atoms with Crippen molar-refractivity contribution in [2.45, 2.75) is 69.1 Å². The van der Waals surface area contributed by atoms with E-state index in [0.717, 1.165) is 57.2 Å². The van der Waals surface area contributed by atoms with Crippen molar-refractivity contribution in [3.63, 3.8) is 0 Å². The maximum Gasteiger partial charge on any atom is 0.252 e. The normalized spacial score (nSPS) is 32.6. The van der Waals surface area contributed by atoms with E-state index in [0.29, 0.717) is 12.6 Å². The molecule has 4 rings (SSSR count). The minimum atomic E-state index is -0.294. The minimum Gasteiger partial charge on any atom is -0.368 e. The molecule has 0 unspecified atom stereocenters. The van der Waals surface area contributed by atoms with Gasteiger partial charge in [-0.3, -0.25) is 4.79 Å². The third-order valence-corrected chi connectivity index (χ3v) is 6.63. The second-order valence-corrected chi connectivity index (χ2v) is 8.40. The molecule has 1 amide bonds. The average Bonchev–Trinajstić information content (AvgIpc) is 2.98. The number of fused-ring (bicyclic) bond motifs is 1. The molecule has 3 saturated heterocycles. The van der Waals surface area contributed by atoms with Crippen LogP contribution in [-0.2, 0) is 9.53 Å². The second-order valence-electron chi connectivity index (χ2n) is 8.40. The van der Waals surface area contributed by atoms with Gasteiger partial charge in [0.1, 0.15) is 11.9 Å². The van der Waals surface area contributed by atoms with Crippen LogP contribution in [0.25, 0.3) is 0 Å². The van der Waals surface area contributed by atoms with Gasteiger partial charge in [-0.05, 0) is 56.8 Å². The highest BCUT2D eigenvalue weighted by molar-refractivity contribution is 5.81. The van der Waals surface area contributed by atoms with Crippen molar-refractivity contribution < 1.29 is 13.9 Å². The van der Waals surface area contributed by atoms with Gasteiger partial charge in [0.15, 0.2) is 0 Å². The molecular formula is C22H31FN2O2. The zero-order chi connectivity index (χ0) is 18.8. The van der Waals surface area contributed by atoms with Crippen LogP contribution in [0.2, 0.25) is 0 Å². The number of hydrogen-bond acceptors (Lipinski definition) is 3. The molecule has 27 heavy (non-hydrogen) atoms. The largest absolute Gasteiger partial charge is 0.368 e. The summed E-state index contributed by atoms with van der Waals surface area (Å²) in [5.41, 5.74) is 1.01. The first-order valence-corrected chi connectivity index (χ1v) is 10.5. The Hall–Kier alpha value is -1.46. The molecule has 0 saturated carbocycles. The third kappa shape index (κ3) is 3.90. The predicted octanol–water partition coefficient (Wildman–Crippen LogP) is 3.56. The molecule has 0 N–H and O–H groups in total. The summed E-state index contributed by atoms with van der Waals surface area (Å²) in [6.45, 7) is 2.35. The zero-order valence-electron chi connectivity index (χ0n) is 16.3. The quantitative estimate of drug-likeness (QED) is 0.793. The number of ether oxygens (including phenoxy) is 1. The van der Waals surface area contributed by atoms with Gasteiger partial charge in [-0.25, -0.2) is 4.39 Å². The number of halogens is 1. The summed E-state index contributed by atoms with van der Waals surface area (Å²) in [6.07, 6.45) is 7.14. The summed E-state index contributed by atoms with van der Waals surface area (Å²) in [6, 6.07) is 7.40. The summed E-state index contributed by atoms with van der Waals surface area (Å²) in [7, 11) is 2.15. The van der Waals surface area contributed by atoms with Gasteiger partial charge in [0.2, 0.25) is 0 Å². The number of carbonyl (C=O) groups excluding carboxylic acids is 1. The van der Waals surface area contributed by atoms with Gasteiger partial charge in [0, 0.05) is 31.7 Å². The number of carbonyl (C=O) groups is 1. The van der Waals surface area contributed by atoms with E-state index in [1.807, 2.05) is 6.07 Å². The van der Waals surface area contributed by atoms with Crippen molar-refractivity contribution in [3.05, 3.63) is 35.6 Å². The van der Waals surface area contributed by atoms with Crippen LogP contribution in [0.3, 0.4) is 0 Å². The molecule has 3 aliphatic rings. The van der Waals surface area contributed by atoms with E-state index < -0.39 is 0 Å². The van der Waals surface area contributed by atoms with Crippen LogP contribution in [0.15, 0.2) is 24.3 Å². The lowest BCUT2D eigenvalue weighted by Gasteiger charge is -2.41. The molecule has 148 valence electrons. The van der Waals surface area contributed by atoms with Crippen molar-refractivity contribution in [2.24, 2.45) is 0 Å². The second kappa shape index (κ2) is 8.27. The van der Waals surface area contributed by atoms with Crippen molar-refractivity contribution in [2.75, 3.05) is 26.7 Å². The molecule has 3 fully saturated rings. The summed E-state index contributed by atoms with van der Waals surface area (Å²) >= 11 is 0. The molecule has 4 atom stereocenters. The summed E-state index contributed by atoms with van der Waals surface area (Å²) in [5.74, 6) is 0.114. The zero-order valence-corrected chi connectivity index (χ0v) is 16.3. The van der Waals surface area contributed by atoms with Crippen molar-refractivity contribution in [1.82, 2.24) is 9.80 Å². The van der Waals surface area contributed by atoms with Gasteiger partial charge in [-0.2, -0.15) is 0 Å². The van der Waals surface area contributed by atoms with Crippen LogP contribution < -0.4 is 0 Å². The first kappa shape index (κ1) is 18.9. The van der Waals surface area contributed by atoms with Gasteiger partial charge in [-0.15, -0.1) is 0 Å². The van der Waals surface area contributed by atoms with E-state index in [1.165, 1.54) is 12.5 Å². The fraction of sp³-hybridized carbons (Fsp3) is 0.682. The van der Waals surface area contributed by atoms with Gasteiger partial charge in [-0.1, -0.05) is 25.0 Å². The van der Waals surface area contributed by atoms with Gasteiger partial charge < -0.3 is 14.5 Å². The maximum absolute atomic E-state index is 13.9. The number of amides is 1. The molecule has 0 bridgehead atoms. The van der Waals surface area contributed by atoms with Gasteiger partial charge >= 0.3 is 0 Å².